The van der Waals surface area contributed by atoms with E-state index in [2.05, 4.69) is 16.4 Å². The third-order valence-electron chi connectivity index (χ3n) is 5.27. The summed E-state index contributed by atoms with van der Waals surface area (Å²) >= 11 is 0. The minimum atomic E-state index is -0.577. The normalized spacial score (nSPS) is 10.7. The van der Waals surface area contributed by atoms with Crippen LogP contribution in [-0.4, -0.2) is 28.2 Å². The molecule has 0 aliphatic carbocycles. The third kappa shape index (κ3) is 5.20. The quantitative estimate of drug-likeness (QED) is 0.451. The van der Waals surface area contributed by atoms with Crippen molar-refractivity contribution in [2.45, 2.75) is 19.5 Å². The van der Waals surface area contributed by atoms with Crippen LogP contribution in [0.5, 0.6) is 0 Å². The van der Waals surface area contributed by atoms with Gasteiger partial charge in [0.15, 0.2) is 0 Å². The predicted octanol–water partition coefficient (Wildman–Crippen LogP) is 4.06. The van der Waals surface area contributed by atoms with Gasteiger partial charge in [0, 0.05) is 36.7 Å². The van der Waals surface area contributed by atoms with E-state index in [-0.39, 0.29) is 0 Å². The van der Waals surface area contributed by atoms with E-state index in [1.54, 1.807) is 4.90 Å². The largest absolute Gasteiger partial charge is 0.361 e. The van der Waals surface area contributed by atoms with Gasteiger partial charge in [0.2, 0.25) is 0 Å². The molecule has 3 aromatic carbocycles. The van der Waals surface area contributed by atoms with Crippen molar-refractivity contribution in [1.29, 1.82) is 0 Å². The van der Waals surface area contributed by atoms with Gasteiger partial charge in [-0.3, -0.25) is 9.59 Å². The Labute approximate surface area is 181 Å². The molecule has 156 valence electrons. The summed E-state index contributed by atoms with van der Waals surface area (Å²) in [5.41, 5.74) is 4.15. The summed E-state index contributed by atoms with van der Waals surface area (Å²) in [7, 11) is 0. The van der Waals surface area contributed by atoms with E-state index >= 15 is 0 Å². The van der Waals surface area contributed by atoms with E-state index in [9.17, 15) is 9.59 Å². The van der Waals surface area contributed by atoms with Crippen molar-refractivity contribution in [1.82, 2.24) is 15.2 Å². The van der Waals surface area contributed by atoms with Crippen LogP contribution in [0.2, 0.25) is 0 Å². The molecule has 0 spiro atoms. The summed E-state index contributed by atoms with van der Waals surface area (Å²) in [6.07, 6.45) is 2.61. The van der Waals surface area contributed by atoms with Crippen LogP contribution in [0.3, 0.4) is 0 Å². The first kappa shape index (κ1) is 20.4. The molecular formula is C26H25N3O2. The van der Waals surface area contributed by atoms with Gasteiger partial charge in [0.25, 0.3) is 0 Å². The van der Waals surface area contributed by atoms with Gasteiger partial charge in [-0.1, -0.05) is 78.9 Å². The Balaban J connectivity index is 1.40. The van der Waals surface area contributed by atoms with Crippen LogP contribution in [-0.2, 0) is 29.1 Å². The fourth-order valence-corrected chi connectivity index (χ4v) is 3.68. The number of H-pyrrole nitrogens is 1. The number of nitrogens with zero attached hydrogens (tertiary/aromatic N) is 1. The van der Waals surface area contributed by atoms with Crippen molar-refractivity contribution in [3.63, 3.8) is 0 Å². The maximum atomic E-state index is 13.0. The van der Waals surface area contributed by atoms with Gasteiger partial charge in [0.1, 0.15) is 0 Å². The molecule has 5 nitrogen and oxygen atoms in total. The molecule has 4 aromatic rings. The van der Waals surface area contributed by atoms with Gasteiger partial charge in [-0.05, 0) is 29.2 Å². The molecule has 0 atom stereocenters. The lowest BCUT2D eigenvalue weighted by atomic mass is 10.1. The van der Waals surface area contributed by atoms with Crippen molar-refractivity contribution in [2.24, 2.45) is 0 Å². The highest BCUT2D eigenvalue weighted by molar-refractivity contribution is 6.34. The first-order chi connectivity index (χ1) is 15.2. The fraction of sp³-hybridized carbons (Fsp3) is 0.154. The molecule has 5 heteroatoms. The number of rotatable bonds is 7. The molecule has 1 aromatic heterocycles. The zero-order chi connectivity index (χ0) is 21.5. The van der Waals surface area contributed by atoms with Gasteiger partial charge in [-0.25, -0.2) is 0 Å². The first-order valence-electron chi connectivity index (χ1n) is 10.4. The zero-order valence-corrected chi connectivity index (χ0v) is 17.3. The first-order valence-corrected chi connectivity index (χ1v) is 10.4. The van der Waals surface area contributed by atoms with Crippen molar-refractivity contribution in [3.05, 3.63) is 108 Å². The minimum Gasteiger partial charge on any atom is -0.361 e. The summed E-state index contributed by atoms with van der Waals surface area (Å²) in [5, 5.41) is 3.93. The second kappa shape index (κ2) is 9.76. The van der Waals surface area contributed by atoms with E-state index < -0.39 is 11.8 Å². The number of para-hydroxylation sites is 1. The minimum absolute atomic E-state index is 0.379. The van der Waals surface area contributed by atoms with Crippen LogP contribution in [0.25, 0.3) is 10.9 Å². The summed E-state index contributed by atoms with van der Waals surface area (Å²) in [5.74, 6) is -1.10. The maximum absolute atomic E-state index is 13.0. The van der Waals surface area contributed by atoms with E-state index in [4.69, 9.17) is 0 Å². The lowest BCUT2D eigenvalue weighted by Gasteiger charge is -2.22. The van der Waals surface area contributed by atoms with E-state index in [0.717, 1.165) is 27.6 Å². The molecule has 0 bridgehead atoms. The number of carbonyl (C=O) groups is 2. The average molecular weight is 412 g/mol. The molecule has 4 rings (SSSR count). The molecular weight excluding hydrogens is 386 g/mol. The molecule has 0 radical (unpaired) electrons. The Morgan fingerprint density at radius 1 is 0.774 bits per heavy atom. The molecule has 0 fully saturated rings. The van der Waals surface area contributed by atoms with Crippen LogP contribution in [0.1, 0.15) is 16.7 Å². The number of hydrogen-bond acceptors (Lipinski definition) is 2. The number of hydrogen-bond donors (Lipinski definition) is 2. The predicted molar refractivity (Wildman–Crippen MR) is 122 cm³/mol. The number of amides is 2. The summed E-state index contributed by atoms with van der Waals surface area (Å²) in [6.45, 7) is 1.16. The molecule has 0 aliphatic rings. The van der Waals surface area contributed by atoms with Crippen molar-refractivity contribution in [2.75, 3.05) is 6.54 Å². The van der Waals surface area contributed by atoms with E-state index in [1.165, 1.54) is 0 Å². The van der Waals surface area contributed by atoms with Crippen LogP contribution in [0.15, 0.2) is 91.1 Å². The molecule has 2 amide bonds. The average Bonchev–Trinajstić information content (AvgIpc) is 3.22. The van der Waals surface area contributed by atoms with Crippen molar-refractivity contribution >= 4 is 22.7 Å². The molecule has 31 heavy (non-hydrogen) atoms. The topological polar surface area (TPSA) is 65.2 Å². The smallest absolute Gasteiger partial charge is 0.312 e. The van der Waals surface area contributed by atoms with Gasteiger partial charge in [0.05, 0.1) is 0 Å². The number of nitrogens with one attached hydrogen (secondary N) is 2. The number of benzene rings is 3. The van der Waals surface area contributed by atoms with Gasteiger partial charge < -0.3 is 15.2 Å². The molecule has 0 saturated heterocycles. The van der Waals surface area contributed by atoms with E-state index in [1.807, 2.05) is 85.1 Å². The lowest BCUT2D eigenvalue weighted by Crippen LogP contribution is -2.42. The monoisotopic (exact) mass is 411 g/mol. The Morgan fingerprint density at radius 3 is 2.00 bits per heavy atom. The van der Waals surface area contributed by atoms with E-state index in [0.29, 0.717) is 26.1 Å². The van der Waals surface area contributed by atoms with Crippen LogP contribution >= 0.6 is 0 Å². The van der Waals surface area contributed by atoms with Gasteiger partial charge in [-0.15, -0.1) is 0 Å². The molecule has 2 N–H and O–H groups in total. The second-order valence-corrected chi connectivity index (χ2v) is 7.50. The second-order valence-electron chi connectivity index (χ2n) is 7.50. The Morgan fingerprint density at radius 2 is 1.35 bits per heavy atom. The standard InChI is InChI=1S/C26H25N3O2/c30-25(27-16-15-22-17-28-24-14-8-7-13-23(22)24)26(31)29(18-20-9-3-1-4-10-20)19-21-11-5-2-6-12-21/h1-14,17,28H,15-16,18-19H2,(H,27,30). The molecule has 1 heterocycles. The van der Waals surface area contributed by atoms with Gasteiger partial charge in [-0.2, -0.15) is 0 Å². The van der Waals surface area contributed by atoms with Crippen LogP contribution in [0, 0.1) is 0 Å². The summed E-state index contributed by atoms with van der Waals surface area (Å²) < 4.78 is 0. The zero-order valence-electron chi connectivity index (χ0n) is 17.3. The maximum Gasteiger partial charge on any atom is 0.312 e. The highest BCUT2D eigenvalue weighted by atomic mass is 16.2. The Hall–Kier alpha value is -3.86. The fourth-order valence-electron chi connectivity index (χ4n) is 3.68. The van der Waals surface area contributed by atoms with Crippen LogP contribution < -0.4 is 5.32 Å². The van der Waals surface area contributed by atoms with Gasteiger partial charge >= 0.3 is 11.8 Å². The van der Waals surface area contributed by atoms with Crippen LogP contribution in [0.4, 0.5) is 0 Å². The number of carbonyl (C=O) groups excluding carboxylic acids is 2. The highest BCUT2D eigenvalue weighted by Crippen LogP contribution is 2.17. The third-order valence-corrected chi connectivity index (χ3v) is 5.27. The number of aromatic amines is 1. The summed E-state index contributed by atoms with van der Waals surface area (Å²) in [6, 6.07) is 27.5. The Bertz CT molecular complexity index is 1110. The highest BCUT2D eigenvalue weighted by Gasteiger charge is 2.22. The number of fused-ring (bicyclic) bond motifs is 1. The Kier molecular flexibility index (Phi) is 6.43. The number of aromatic nitrogens is 1. The van der Waals surface area contributed by atoms with Crippen molar-refractivity contribution < 1.29 is 9.59 Å². The molecule has 0 aliphatic heterocycles. The SMILES string of the molecule is O=C(NCCc1c[nH]c2ccccc12)C(=O)N(Cc1ccccc1)Cc1ccccc1. The molecule has 0 unspecified atom stereocenters. The van der Waals surface area contributed by atoms with Crippen molar-refractivity contribution in [3.8, 4) is 0 Å². The summed E-state index contributed by atoms with van der Waals surface area (Å²) in [4.78, 5) is 30.4. The molecule has 0 saturated carbocycles. The lowest BCUT2D eigenvalue weighted by molar-refractivity contribution is -0.146.